The van der Waals surface area contributed by atoms with E-state index in [1.807, 2.05) is 0 Å². The fourth-order valence-electron chi connectivity index (χ4n) is 1.56. The molecule has 0 unspecified atom stereocenters. The fourth-order valence-corrected chi connectivity index (χ4v) is 1.56. The smallest absolute Gasteiger partial charge is 0.338 e. The summed E-state index contributed by atoms with van der Waals surface area (Å²) in [6.45, 7) is 0.649. The number of phenolic OH excluding ortho intramolecular Hbond substituents is 3. The standard InChI is InChI=1S/C13H16O9/c1-13(21,10(17)11(18)19)2-3-22-12(20)6-4-7(14)9(16)8(15)5-6/h4-5,10,14-17,21H,2-3H2,1H3,(H,18,19)/t10-,13-/m0/s1. The number of aromatic hydroxyl groups is 3. The number of aliphatic carboxylic acids is 1. The van der Waals surface area contributed by atoms with E-state index in [0.717, 1.165) is 19.1 Å². The predicted octanol–water partition coefficient (Wildman–Crippen LogP) is -0.453. The molecule has 1 rings (SSSR count). The first-order valence-corrected chi connectivity index (χ1v) is 6.11. The third kappa shape index (κ3) is 3.99. The zero-order valence-corrected chi connectivity index (χ0v) is 11.6. The molecule has 0 fully saturated rings. The number of rotatable bonds is 6. The van der Waals surface area contributed by atoms with Crippen LogP contribution in [-0.4, -0.2) is 60.9 Å². The Morgan fingerprint density at radius 3 is 2.18 bits per heavy atom. The molecule has 0 aliphatic rings. The first-order chi connectivity index (χ1) is 10.1. The normalized spacial score (nSPS) is 14.9. The number of carbonyl (C=O) groups is 2. The predicted molar refractivity (Wildman–Crippen MR) is 70.6 cm³/mol. The van der Waals surface area contributed by atoms with Crippen molar-refractivity contribution < 1.29 is 45.0 Å². The second kappa shape index (κ2) is 6.50. The molecule has 0 radical (unpaired) electrons. The Bertz CT molecular complexity index is 556. The van der Waals surface area contributed by atoms with Crippen molar-refractivity contribution in [2.45, 2.75) is 25.0 Å². The lowest BCUT2D eigenvalue weighted by Gasteiger charge is -2.25. The van der Waals surface area contributed by atoms with Crippen LogP contribution in [0.1, 0.15) is 23.7 Å². The minimum atomic E-state index is -2.05. The molecule has 0 bridgehead atoms. The van der Waals surface area contributed by atoms with Crippen molar-refractivity contribution in [2.75, 3.05) is 6.61 Å². The second-order valence-corrected chi connectivity index (χ2v) is 4.85. The van der Waals surface area contributed by atoms with Gasteiger partial charge < -0.3 is 35.4 Å². The van der Waals surface area contributed by atoms with Crippen molar-refractivity contribution >= 4 is 11.9 Å². The molecule has 1 aromatic carbocycles. The lowest BCUT2D eigenvalue weighted by atomic mass is 9.96. The highest BCUT2D eigenvalue weighted by Gasteiger charge is 2.36. The largest absolute Gasteiger partial charge is 0.504 e. The van der Waals surface area contributed by atoms with Gasteiger partial charge in [0.25, 0.3) is 0 Å². The summed E-state index contributed by atoms with van der Waals surface area (Å²) in [4.78, 5) is 22.2. The molecule has 6 N–H and O–H groups in total. The Balaban J connectivity index is 2.66. The third-order valence-corrected chi connectivity index (χ3v) is 2.97. The molecule has 0 amide bonds. The summed E-state index contributed by atoms with van der Waals surface area (Å²) in [7, 11) is 0. The molecule has 9 heteroatoms. The molecule has 122 valence electrons. The minimum absolute atomic E-state index is 0.258. The van der Waals surface area contributed by atoms with E-state index < -0.39 is 47.5 Å². The SMILES string of the molecule is C[C@](O)(CCOC(=O)c1cc(O)c(O)c(O)c1)[C@@H](O)C(=O)O. The zero-order chi connectivity index (χ0) is 17.1. The van der Waals surface area contributed by atoms with Crippen molar-refractivity contribution in [3.05, 3.63) is 17.7 Å². The monoisotopic (exact) mass is 316 g/mol. The van der Waals surface area contributed by atoms with Crippen LogP contribution in [0.5, 0.6) is 17.2 Å². The molecule has 0 saturated carbocycles. The number of phenols is 3. The number of carbonyl (C=O) groups excluding carboxylic acids is 1. The molecule has 0 aliphatic heterocycles. The summed E-state index contributed by atoms with van der Waals surface area (Å²) in [5.41, 5.74) is -2.27. The van der Waals surface area contributed by atoms with E-state index in [-0.39, 0.29) is 12.0 Å². The number of esters is 1. The van der Waals surface area contributed by atoms with Gasteiger partial charge in [-0.15, -0.1) is 0 Å². The highest BCUT2D eigenvalue weighted by molar-refractivity contribution is 5.91. The van der Waals surface area contributed by atoms with Crippen molar-refractivity contribution in [1.29, 1.82) is 0 Å². The quantitative estimate of drug-likeness (QED) is 0.301. The van der Waals surface area contributed by atoms with Crippen LogP contribution in [-0.2, 0) is 9.53 Å². The van der Waals surface area contributed by atoms with Gasteiger partial charge in [0.05, 0.1) is 12.2 Å². The maximum Gasteiger partial charge on any atom is 0.338 e. The Labute approximate surface area is 124 Å². The van der Waals surface area contributed by atoms with E-state index in [0.29, 0.717) is 0 Å². The summed E-state index contributed by atoms with van der Waals surface area (Å²) < 4.78 is 4.74. The van der Waals surface area contributed by atoms with E-state index in [2.05, 4.69) is 0 Å². The molecule has 0 saturated heterocycles. The van der Waals surface area contributed by atoms with E-state index >= 15 is 0 Å². The summed E-state index contributed by atoms with van der Waals surface area (Å²) in [6.07, 6.45) is -2.41. The van der Waals surface area contributed by atoms with Gasteiger partial charge in [0.15, 0.2) is 23.4 Å². The molecular weight excluding hydrogens is 300 g/mol. The van der Waals surface area contributed by atoms with Crippen molar-refractivity contribution in [1.82, 2.24) is 0 Å². The third-order valence-electron chi connectivity index (χ3n) is 2.97. The molecule has 0 heterocycles. The van der Waals surface area contributed by atoms with Crippen molar-refractivity contribution in [2.24, 2.45) is 0 Å². The van der Waals surface area contributed by atoms with Gasteiger partial charge in [-0.05, 0) is 19.1 Å². The van der Waals surface area contributed by atoms with Gasteiger partial charge in [0.2, 0.25) is 0 Å². The van der Waals surface area contributed by atoms with Crippen LogP contribution in [0.2, 0.25) is 0 Å². The lowest BCUT2D eigenvalue weighted by Crippen LogP contribution is -2.45. The van der Waals surface area contributed by atoms with Crippen molar-refractivity contribution in [3.63, 3.8) is 0 Å². The number of hydrogen-bond acceptors (Lipinski definition) is 8. The average Bonchev–Trinajstić information content (AvgIpc) is 2.42. The maximum atomic E-state index is 11.7. The summed E-state index contributed by atoms with van der Waals surface area (Å²) >= 11 is 0. The van der Waals surface area contributed by atoms with Gasteiger partial charge in [-0.2, -0.15) is 0 Å². The van der Waals surface area contributed by atoms with E-state index in [1.54, 1.807) is 0 Å². The lowest BCUT2D eigenvalue weighted by molar-refractivity contribution is -0.162. The maximum absolute atomic E-state index is 11.7. The van der Waals surface area contributed by atoms with Gasteiger partial charge >= 0.3 is 11.9 Å². The van der Waals surface area contributed by atoms with Gasteiger partial charge in [-0.3, -0.25) is 0 Å². The van der Waals surface area contributed by atoms with Crippen LogP contribution in [0, 0.1) is 0 Å². The first-order valence-electron chi connectivity index (χ1n) is 6.11. The average molecular weight is 316 g/mol. The van der Waals surface area contributed by atoms with Gasteiger partial charge in [-0.1, -0.05) is 0 Å². The molecule has 0 aliphatic carbocycles. The fraction of sp³-hybridized carbons (Fsp3) is 0.385. The highest BCUT2D eigenvalue weighted by atomic mass is 16.5. The Morgan fingerprint density at radius 1 is 1.23 bits per heavy atom. The number of benzene rings is 1. The molecule has 2 atom stereocenters. The summed E-state index contributed by atoms with van der Waals surface area (Å²) in [6, 6.07) is 1.73. The molecule has 0 aromatic heterocycles. The molecular formula is C13H16O9. The minimum Gasteiger partial charge on any atom is -0.504 e. The van der Waals surface area contributed by atoms with Crippen LogP contribution in [0.25, 0.3) is 0 Å². The number of ether oxygens (including phenoxy) is 1. The zero-order valence-electron chi connectivity index (χ0n) is 11.6. The Kier molecular flexibility index (Phi) is 5.18. The molecule has 0 spiro atoms. The van der Waals surface area contributed by atoms with E-state index in [4.69, 9.17) is 14.9 Å². The summed E-state index contributed by atoms with van der Waals surface area (Å²) in [5, 5.41) is 55.2. The number of aliphatic hydroxyl groups excluding tert-OH is 1. The van der Waals surface area contributed by atoms with Gasteiger partial charge in [0.1, 0.15) is 5.60 Å². The number of aliphatic hydroxyl groups is 2. The van der Waals surface area contributed by atoms with Gasteiger partial charge in [-0.25, -0.2) is 9.59 Å². The summed E-state index contributed by atoms with van der Waals surface area (Å²) in [5.74, 6) is -4.83. The second-order valence-electron chi connectivity index (χ2n) is 4.85. The highest BCUT2D eigenvalue weighted by Crippen LogP contribution is 2.35. The molecule has 22 heavy (non-hydrogen) atoms. The topological polar surface area (TPSA) is 165 Å². The van der Waals surface area contributed by atoms with Crippen molar-refractivity contribution in [3.8, 4) is 17.2 Å². The number of carboxylic acid groups (broad SMARTS) is 1. The Morgan fingerprint density at radius 2 is 1.73 bits per heavy atom. The Hall–Kier alpha value is -2.52. The van der Waals surface area contributed by atoms with E-state index in [1.165, 1.54) is 0 Å². The van der Waals surface area contributed by atoms with E-state index in [9.17, 15) is 30.0 Å². The van der Waals surface area contributed by atoms with Crippen LogP contribution in [0.3, 0.4) is 0 Å². The molecule has 9 nitrogen and oxygen atoms in total. The van der Waals surface area contributed by atoms with Crippen LogP contribution >= 0.6 is 0 Å². The number of carboxylic acids is 1. The van der Waals surface area contributed by atoms with Crippen LogP contribution in [0.4, 0.5) is 0 Å². The van der Waals surface area contributed by atoms with Crippen LogP contribution < -0.4 is 0 Å². The first kappa shape index (κ1) is 17.5. The van der Waals surface area contributed by atoms with Crippen LogP contribution in [0.15, 0.2) is 12.1 Å². The van der Waals surface area contributed by atoms with Gasteiger partial charge in [0, 0.05) is 6.42 Å². The molecule has 1 aromatic rings. The number of hydrogen-bond donors (Lipinski definition) is 6.